The van der Waals surface area contributed by atoms with E-state index >= 15 is 0 Å². The lowest BCUT2D eigenvalue weighted by Crippen LogP contribution is -2.37. The van der Waals surface area contributed by atoms with Crippen LogP contribution in [0, 0.1) is 11.3 Å². The number of ether oxygens (including phenoxy) is 1. The lowest BCUT2D eigenvalue weighted by Gasteiger charge is -2.29. The number of carbonyl (C=O) groups excluding carboxylic acids is 2. The summed E-state index contributed by atoms with van der Waals surface area (Å²) in [6.07, 6.45) is 7.08. The fourth-order valence-corrected chi connectivity index (χ4v) is 5.05. The first-order valence-electron chi connectivity index (χ1n) is 10.9. The average molecular weight is 452 g/mol. The number of nitrogens with one attached hydrogen (secondary N) is 2. The van der Waals surface area contributed by atoms with E-state index in [9.17, 15) is 14.9 Å². The van der Waals surface area contributed by atoms with Gasteiger partial charge in [-0.1, -0.05) is 74.0 Å². The van der Waals surface area contributed by atoms with Crippen LogP contribution in [0.5, 0.6) is 0 Å². The number of esters is 1. The molecular weight excluding hydrogens is 422 g/mol. The normalized spacial score (nSPS) is 19.1. The third-order valence-corrected chi connectivity index (χ3v) is 6.67. The Morgan fingerprint density at radius 3 is 2.66 bits per heavy atom. The zero-order chi connectivity index (χ0) is 22.9. The number of rotatable bonds is 8. The van der Waals surface area contributed by atoms with Crippen LogP contribution in [-0.4, -0.2) is 30.3 Å². The molecule has 0 bridgehead atoms. The number of hydrogen-bond acceptors (Lipinski definition) is 6. The number of benzene rings is 1. The number of carbonyl (C=O) groups is 2. The Balaban J connectivity index is 1.83. The van der Waals surface area contributed by atoms with Gasteiger partial charge in [0.1, 0.15) is 6.61 Å². The maximum atomic E-state index is 12.8. The predicted molar refractivity (Wildman–Crippen MR) is 126 cm³/mol. The Morgan fingerprint density at radius 2 is 2.00 bits per heavy atom. The van der Waals surface area contributed by atoms with Crippen molar-refractivity contribution in [3.63, 3.8) is 0 Å². The molecule has 0 radical (unpaired) electrons. The van der Waals surface area contributed by atoms with Crippen LogP contribution in [0.1, 0.15) is 50.5 Å². The fourth-order valence-electron chi connectivity index (χ4n) is 4.14. The van der Waals surface area contributed by atoms with E-state index in [2.05, 4.69) is 23.3 Å². The highest BCUT2D eigenvalue weighted by atomic mass is 32.2. The topological polar surface area (TPSA) is 91.2 Å². The van der Waals surface area contributed by atoms with E-state index in [1.165, 1.54) is 24.3 Å². The van der Waals surface area contributed by atoms with Gasteiger partial charge in [-0.15, -0.1) is 0 Å². The molecule has 0 unspecified atom stereocenters. The molecule has 2 N–H and O–H groups in total. The number of thioether (sulfide) groups is 1. The van der Waals surface area contributed by atoms with Crippen molar-refractivity contribution in [2.45, 2.75) is 51.0 Å². The number of amides is 1. The fraction of sp³-hybridized carbons (Fsp3) is 0.400. The molecule has 1 atom stereocenters. The highest BCUT2D eigenvalue weighted by Gasteiger charge is 2.35. The van der Waals surface area contributed by atoms with Crippen LogP contribution in [0.15, 0.2) is 64.9 Å². The van der Waals surface area contributed by atoms with Crippen molar-refractivity contribution >= 4 is 23.6 Å². The van der Waals surface area contributed by atoms with Crippen LogP contribution >= 0.6 is 11.8 Å². The van der Waals surface area contributed by atoms with Crippen LogP contribution in [0.2, 0.25) is 0 Å². The molecule has 3 rings (SSSR count). The Labute approximate surface area is 193 Å². The van der Waals surface area contributed by atoms with Crippen LogP contribution in [0.4, 0.5) is 0 Å². The minimum atomic E-state index is -0.566. The van der Waals surface area contributed by atoms with E-state index in [-0.39, 0.29) is 24.3 Å². The molecule has 1 heterocycles. The molecule has 0 saturated heterocycles. The summed E-state index contributed by atoms with van der Waals surface area (Å²) in [5, 5.41) is 16.9. The SMILES string of the molecule is C=CCOC(=O)C1=C(C)NC(SCC(=O)NC2CCCCC2)=C(C#N)[C@H]1c1ccccc1. The lowest BCUT2D eigenvalue weighted by molar-refractivity contribution is -0.138. The third-order valence-electron chi connectivity index (χ3n) is 5.65. The zero-order valence-corrected chi connectivity index (χ0v) is 19.2. The summed E-state index contributed by atoms with van der Waals surface area (Å²) < 4.78 is 5.31. The number of dihydropyridines is 1. The maximum Gasteiger partial charge on any atom is 0.337 e. The van der Waals surface area contributed by atoms with Gasteiger partial charge in [-0.2, -0.15) is 5.26 Å². The molecular formula is C25H29N3O3S. The Kier molecular flexibility index (Phi) is 8.57. The monoisotopic (exact) mass is 451 g/mol. The van der Waals surface area contributed by atoms with Gasteiger partial charge in [0.15, 0.2) is 0 Å². The van der Waals surface area contributed by atoms with Gasteiger partial charge in [-0.25, -0.2) is 4.79 Å². The molecule has 7 heteroatoms. The second kappa shape index (κ2) is 11.6. The molecule has 1 fully saturated rings. The van der Waals surface area contributed by atoms with Crippen molar-refractivity contribution in [1.82, 2.24) is 10.6 Å². The Hall–Kier alpha value is -2.98. The maximum absolute atomic E-state index is 12.8. The molecule has 0 aromatic heterocycles. The first kappa shape index (κ1) is 23.7. The standard InChI is InChI=1S/C25H29N3O3S/c1-3-14-31-25(30)22-17(2)27-24(20(15-26)23(22)18-10-6-4-7-11-18)32-16-21(29)28-19-12-8-5-9-13-19/h3-4,6-7,10-11,19,23,27H,1,5,8-9,12-14,16H2,2H3,(H,28,29)/t23-/m1/s1. The molecule has 0 spiro atoms. The minimum Gasteiger partial charge on any atom is -0.458 e. The Morgan fingerprint density at radius 1 is 1.28 bits per heavy atom. The predicted octanol–water partition coefficient (Wildman–Crippen LogP) is 4.29. The van der Waals surface area contributed by atoms with E-state index < -0.39 is 11.9 Å². The quantitative estimate of drug-likeness (QED) is 0.452. The van der Waals surface area contributed by atoms with Crippen molar-refractivity contribution in [3.8, 4) is 6.07 Å². The van der Waals surface area contributed by atoms with Crippen molar-refractivity contribution in [2.24, 2.45) is 0 Å². The van der Waals surface area contributed by atoms with E-state index in [4.69, 9.17) is 4.74 Å². The van der Waals surface area contributed by atoms with Crippen molar-refractivity contribution < 1.29 is 14.3 Å². The van der Waals surface area contributed by atoms with Crippen LogP contribution in [-0.2, 0) is 14.3 Å². The summed E-state index contributed by atoms with van der Waals surface area (Å²) in [4.78, 5) is 25.3. The molecule has 6 nitrogen and oxygen atoms in total. The number of hydrogen-bond donors (Lipinski definition) is 2. The van der Waals surface area contributed by atoms with Gasteiger partial charge < -0.3 is 15.4 Å². The molecule has 1 aromatic rings. The van der Waals surface area contributed by atoms with Crippen molar-refractivity contribution in [2.75, 3.05) is 12.4 Å². The molecule has 1 amide bonds. The largest absolute Gasteiger partial charge is 0.458 e. The Bertz CT molecular complexity index is 956. The zero-order valence-electron chi connectivity index (χ0n) is 18.4. The number of allylic oxidation sites excluding steroid dienone is 2. The summed E-state index contributed by atoms with van der Waals surface area (Å²) in [5.41, 5.74) is 2.23. The summed E-state index contributed by atoms with van der Waals surface area (Å²) in [6.45, 7) is 5.47. The molecule has 2 aliphatic rings. The lowest BCUT2D eigenvalue weighted by atomic mass is 9.82. The van der Waals surface area contributed by atoms with Gasteiger partial charge in [0, 0.05) is 11.7 Å². The smallest absolute Gasteiger partial charge is 0.337 e. The summed E-state index contributed by atoms with van der Waals surface area (Å²) in [5.74, 6) is -0.892. The van der Waals surface area contributed by atoms with Crippen molar-refractivity contribution in [3.05, 3.63) is 70.4 Å². The molecule has 1 aromatic carbocycles. The third kappa shape index (κ3) is 5.83. The van der Waals surface area contributed by atoms with Gasteiger partial charge in [0.05, 0.1) is 33.9 Å². The van der Waals surface area contributed by atoms with E-state index in [0.717, 1.165) is 31.2 Å². The molecule has 32 heavy (non-hydrogen) atoms. The van der Waals surface area contributed by atoms with Gasteiger partial charge in [-0.05, 0) is 25.3 Å². The highest BCUT2D eigenvalue weighted by molar-refractivity contribution is 8.03. The summed E-state index contributed by atoms with van der Waals surface area (Å²) in [6, 6.07) is 11.9. The first-order chi connectivity index (χ1) is 15.5. The number of nitrogens with zero attached hydrogens (tertiary/aromatic N) is 1. The van der Waals surface area contributed by atoms with Gasteiger partial charge >= 0.3 is 5.97 Å². The second-order valence-electron chi connectivity index (χ2n) is 7.94. The van der Waals surface area contributed by atoms with E-state index in [1.54, 1.807) is 6.92 Å². The highest BCUT2D eigenvalue weighted by Crippen LogP contribution is 2.40. The van der Waals surface area contributed by atoms with Gasteiger partial charge in [0.25, 0.3) is 0 Å². The first-order valence-corrected chi connectivity index (χ1v) is 11.9. The molecule has 168 valence electrons. The minimum absolute atomic E-state index is 0.0393. The molecule has 1 aliphatic heterocycles. The van der Waals surface area contributed by atoms with E-state index in [1.807, 2.05) is 30.3 Å². The number of nitriles is 1. The summed E-state index contributed by atoms with van der Waals surface area (Å²) in [7, 11) is 0. The van der Waals surface area contributed by atoms with Crippen LogP contribution < -0.4 is 10.6 Å². The van der Waals surface area contributed by atoms with Gasteiger partial charge in [0.2, 0.25) is 5.91 Å². The molecule has 1 saturated carbocycles. The summed E-state index contributed by atoms with van der Waals surface area (Å²) >= 11 is 1.29. The molecule has 1 aliphatic carbocycles. The van der Waals surface area contributed by atoms with Crippen LogP contribution in [0.25, 0.3) is 0 Å². The van der Waals surface area contributed by atoms with Crippen molar-refractivity contribution in [1.29, 1.82) is 5.26 Å². The van der Waals surface area contributed by atoms with E-state index in [0.29, 0.717) is 21.9 Å². The van der Waals surface area contributed by atoms with Gasteiger partial charge in [-0.3, -0.25) is 4.79 Å². The average Bonchev–Trinajstić information content (AvgIpc) is 2.81. The second-order valence-corrected chi connectivity index (χ2v) is 8.93. The van der Waals surface area contributed by atoms with Crippen LogP contribution in [0.3, 0.4) is 0 Å².